The van der Waals surface area contributed by atoms with Crippen LogP contribution < -0.4 is 5.73 Å². The highest BCUT2D eigenvalue weighted by molar-refractivity contribution is 9.10. The van der Waals surface area contributed by atoms with Crippen LogP contribution in [0.15, 0.2) is 53.0 Å². The van der Waals surface area contributed by atoms with Crippen LogP contribution in [0.25, 0.3) is 0 Å². The number of benzene rings is 2. The van der Waals surface area contributed by atoms with Gasteiger partial charge >= 0.3 is 0 Å². The van der Waals surface area contributed by atoms with Gasteiger partial charge in [0, 0.05) is 23.2 Å². The second-order valence-corrected chi connectivity index (χ2v) is 5.81. The molecule has 0 aliphatic heterocycles. The average Bonchev–Trinajstić information content (AvgIpc) is 2.49. The lowest BCUT2D eigenvalue weighted by molar-refractivity contribution is 0.0742. The monoisotopic (exact) mass is 346 g/mol. The highest BCUT2D eigenvalue weighted by Crippen LogP contribution is 2.22. The van der Waals surface area contributed by atoms with E-state index in [0.29, 0.717) is 17.8 Å². The van der Waals surface area contributed by atoms with E-state index in [9.17, 15) is 4.79 Å². The lowest BCUT2D eigenvalue weighted by Gasteiger charge is -2.23. The lowest BCUT2D eigenvalue weighted by atomic mass is 10.1. The minimum Gasteiger partial charge on any atom is -0.399 e. The molecular formula is C17H19BrN2O. The predicted molar refractivity (Wildman–Crippen MR) is 90.0 cm³/mol. The summed E-state index contributed by atoms with van der Waals surface area (Å²) in [5.74, 6) is -0.000113. The fourth-order valence-electron chi connectivity index (χ4n) is 2.20. The maximum absolute atomic E-state index is 12.8. The molecule has 110 valence electrons. The summed E-state index contributed by atoms with van der Waals surface area (Å²) < 4.78 is 0.774. The minimum absolute atomic E-state index is 0.000113. The zero-order valence-electron chi connectivity index (χ0n) is 12.1. The average molecular weight is 347 g/mol. The van der Waals surface area contributed by atoms with Crippen molar-refractivity contribution in [3.8, 4) is 0 Å². The molecule has 0 saturated heterocycles. The van der Waals surface area contributed by atoms with E-state index < -0.39 is 0 Å². The van der Waals surface area contributed by atoms with Crippen molar-refractivity contribution in [3.63, 3.8) is 0 Å². The van der Waals surface area contributed by atoms with E-state index in [1.165, 1.54) is 0 Å². The molecule has 0 aliphatic rings. The molecule has 0 atom stereocenters. The second-order valence-electron chi connectivity index (χ2n) is 4.95. The number of halogens is 1. The van der Waals surface area contributed by atoms with Crippen molar-refractivity contribution in [2.24, 2.45) is 0 Å². The van der Waals surface area contributed by atoms with E-state index in [2.05, 4.69) is 22.9 Å². The third-order valence-electron chi connectivity index (χ3n) is 3.22. The lowest BCUT2D eigenvalue weighted by Crippen LogP contribution is -2.31. The van der Waals surface area contributed by atoms with Gasteiger partial charge in [-0.15, -0.1) is 0 Å². The van der Waals surface area contributed by atoms with Gasteiger partial charge in [0.1, 0.15) is 0 Å². The molecule has 0 unspecified atom stereocenters. The first kappa shape index (κ1) is 15.6. The van der Waals surface area contributed by atoms with Crippen LogP contribution in [-0.2, 0) is 6.54 Å². The highest BCUT2D eigenvalue weighted by Gasteiger charge is 2.18. The van der Waals surface area contributed by atoms with Crippen molar-refractivity contribution in [3.05, 3.63) is 64.1 Å². The van der Waals surface area contributed by atoms with Crippen molar-refractivity contribution in [1.82, 2.24) is 4.90 Å². The normalized spacial score (nSPS) is 10.4. The summed E-state index contributed by atoms with van der Waals surface area (Å²) in [4.78, 5) is 14.6. The van der Waals surface area contributed by atoms with Crippen molar-refractivity contribution in [2.75, 3.05) is 12.3 Å². The Hall–Kier alpha value is -1.81. The molecule has 2 aromatic carbocycles. The molecule has 21 heavy (non-hydrogen) atoms. The minimum atomic E-state index is -0.000113. The Morgan fingerprint density at radius 2 is 1.90 bits per heavy atom. The van der Waals surface area contributed by atoms with Crippen LogP contribution >= 0.6 is 15.9 Å². The van der Waals surface area contributed by atoms with E-state index in [1.807, 2.05) is 41.3 Å². The van der Waals surface area contributed by atoms with Crippen molar-refractivity contribution >= 4 is 27.5 Å². The van der Waals surface area contributed by atoms with Crippen LogP contribution in [-0.4, -0.2) is 17.4 Å². The summed E-state index contributed by atoms with van der Waals surface area (Å²) in [6, 6.07) is 15.3. The van der Waals surface area contributed by atoms with E-state index in [0.717, 1.165) is 23.0 Å². The number of nitrogen functional groups attached to an aromatic ring is 1. The van der Waals surface area contributed by atoms with Gasteiger partial charge in [-0.1, -0.05) is 37.3 Å². The van der Waals surface area contributed by atoms with Gasteiger partial charge in [-0.2, -0.15) is 0 Å². The van der Waals surface area contributed by atoms with E-state index in [-0.39, 0.29) is 5.91 Å². The number of anilines is 1. The second kappa shape index (κ2) is 7.27. The van der Waals surface area contributed by atoms with Crippen LogP contribution in [0.4, 0.5) is 5.69 Å². The predicted octanol–water partition coefficient (Wildman–Crippen LogP) is 4.08. The number of nitrogens with two attached hydrogens (primary N) is 1. The quantitative estimate of drug-likeness (QED) is 0.829. The number of amides is 1. The molecule has 2 rings (SSSR count). The Kier molecular flexibility index (Phi) is 5.39. The Bertz CT molecular complexity index is 613. The van der Waals surface area contributed by atoms with E-state index in [4.69, 9.17) is 5.73 Å². The van der Waals surface area contributed by atoms with E-state index >= 15 is 0 Å². The van der Waals surface area contributed by atoms with Gasteiger partial charge in [0.05, 0.1) is 5.56 Å². The van der Waals surface area contributed by atoms with Gasteiger partial charge in [-0.3, -0.25) is 4.79 Å². The summed E-state index contributed by atoms with van der Waals surface area (Å²) in [6.07, 6.45) is 0.915. The largest absolute Gasteiger partial charge is 0.399 e. The van der Waals surface area contributed by atoms with Crippen molar-refractivity contribution in [1.29, 1.82) is 0 Å². The van der Waals surface area contributed by atoms with Crippen LogP contribution in [0.2, 0.25) is 0 Å². The topological polar surface area (TPSA) is 46.3 Å². The standard InChI is InChI=1S/C17H19BrN2O/c1-2-10-20(12-13-6-4-3-5-7-13)17(21)15-11-14(19)8-9-16(15)18/h3-9,11H,2,10,12,19H2,1H3. The molecular weight excluding hydrogens is 328 g/mol. The number of rotatable bonds is 5. The molecule has 0 fully saturated rings. The van der Waals surface area contributed by atoms with Gasteiger partial charge in [-0.25, -0.2) is 0 Å². The Morgan fingerprint density at radius 3 is 2.57 bits per heavy atom. The summed E-state index contributed by atoms with van der Waals surface area (Å²) in [5.41, 5.74) is 8.13. The van der Waals surface area contributed by atoms with Crippen molar-refractivity contribution < 1.29 is 4.79 Å². The van der Waals surface area contributed by atoms with Gasteiger partial charge in [0.15, 0.2) is 0 Å². The molecule has 2 N–H and O–H groups in total. The van der Waals surface area contributed by atoms with Gasteiger partial charge in [-0.05, 0) is 46.1 Å². The summed E-state index contributed by atoms with van der Waals surface area (Å²) >= 11 is 3.43. The number of hydrogen-bond donors (Lipinski definition) is 1. The molecule has 0 saturated carbocycles. The fourth-order valence-corrected chi connectivity index (χ4v) is 2.62. The first-order valence-electron chi connectivity index (χ1n) is 7.00. The molecule has 1 amide bonds. The van der Waals surface area contributed by atoms with Crippen LogP contribution in [0.1, 0.15) is 29.3 Å². The highest BCUT2D eigenvalue weighted by atomic mass is 79.9. The van der Waals surface area contributed by atoms with Crippen LogP contribution in [0, 0.1) is 0 Å². The number of hydrogen-bond acceptors (Lipinski definition) is 2. The first-order chi connectivity index (χ1) is 10.1. The van der Waals surface area contributed by atoms with Gasteiger partial charge in [0.2, 0.25) is 0 Å². The van der Waals surface area contributed by atoms with Crippen LogP contribution in [0.3, 0.4) is 0 Å². The summed E-state index contributed by atoms with van der Waals surface area (Å²) in [7, 11) is 0. The first-order valence-corrected chi connectivity index (χ1v) is 7.79. The SMILES string of the molecule is CCCN(Cc1ccccc1)C(=O)c1cc(N)ccc1Br. The molecule has 0 spiro atoms. The molecule has 0 aliphatic carbocycles. The smallest absolute Gasteiger partial charge is 0.255 e. The molecule has 4 heteroatoms. The molecule has 0 heterocycles. The fraction of sp³-hybridized carbons (Fsp3) is 0.235. The molecule has 3 nitrogen and oxygen atoms in total. The number of carbonyl (C=O) groups excluding carboxylic acids is 1. The number of carbonyl (C=O) groups is 1. The molecule has 0 bridgehead atoms. The summed E-state index contributed by atoms with van der Waals surface area (Å²) in [6.45, 7) is 3.39. The Morgan fingerprint density at radius 1 is 1.19 bits per heavy atom. The Balaban J connectivity index is 2.25. The third kappa shape index (κ3) is 4.08. The zero-order valence-corrected chi connectivity index (χ0v) is 13.6. The maximum Gasteiger partial charge on any atom is 0.255 e. The van der Waals surface area contributed by atoms with Crippen LogP contribution in [0.5, 0.6) is 0 Å². The molecule has 2 aromatic rings. The summed E-state index contributed by atoms with van der Waals surface area (Å²) in [5, 5.41) is 0. The molecule has 0 radical (unpaired) electrons. The Labute approximate surface area is 133 Å². The third-order valence-corrected chi connectivity index (χ3v) is 3.91. The van der Waals surface area contributed by atoms with Gasteiger partial charge < -0.3 is 10.6 Å². The number of nitrogens with zero attached hydrogens (tertiary/aromatic N) is 1. The van der Waals surface area contributed by atoms with E-state index in [1.54, 1.807) is 12.1 Å². The maximum atomic E-state index is 12.8. The zero-order chi connectivity index (χ0) is 15.2. The molecule has 0 aromatic heterocycles. The van der Waals surface area contributed by atoms with Gasteiger partial charge in [0.25, 0.3) is 5.91 Å². The van der Waals surface area contributed by atoms with Crippen molar-refractivity contribution in [2.45, 2.75) is 19.9 Å².